The number of hydrogen-bond donors (Lipinski definition) is 2. The van der Waals surface area contributed by atoms with Crippen LogP contribution in [0.1, 0.15) is 67.2 Å². The van der Waals surface area contributed by atoms with E-state index in [0.29, 0.717) is 13.1 Å². The van der Waals surface area contributed by atoms with Crippen molar-refractivity contribution in [3.05, 3.63) is 0 Å². The third-order valence-corrected chi connectivity index (χ3v) is 4.15. The average molecular weight is 315 g/mol. The Labute approximate surface area is 136 Å². The van der Waals surface area contributed by atoms with Gasteiger partial charge in [-0.1, -0.05) is 54.4 Å². The minimum atomic E-state index is -0.329. The first-order valence-corrected chi connectivity index (χ1v) is 8.63. The molecule has 2 N–H and O–H groups in total. The number of amides is 1. The van der Waals surface area contributed by atoms with Gasteiger partial charge in [0, 0.05) is 43.1 Å². The maximum atomic E-state index is 12.9. The highest BCUT2D eigenvalue weighted by Crippen LogP contribution is 2.25. The molecule has 0 aliphatic carbocycles. The van der Waals surface area contributed by atoms with Crippen LogP contribution in [0.4, 0.5) is 0 Å². The van der Waals surface area contributed by atoms with Crippen LogP contribution in [-0.2, 0) is 4.79 Å². The van der Waals surface area contributed by atoms with Gasteiger partial charge in [0.15, 0.2) is 0 Å². The Kier molecular flexibility index (Phi) is 9.25. The van der Waals surface area contributed by atoms with Crippen LogP contribution in [0.25, 0.3) is 0 Å². The quantitative estimate of drug-likeness (QED) is 0.616. The fourth-order valence-electron chi connectivity index (χ4n) is 2.56. The molecule has 4 nitrogen and oxygen atoms in total. The first kappa shape index (κ1) is 21.4. The number of nitrogens with zero attached hydrogens (tertiary/aromatic N) is 1. The lowest BCUT2D eigenvalue weighted by Crippen LogP contribution is -2.48. The highest BCUT2D eigenvalue weighted by atomic mass is 16.3. The number of aliphatic hydroxyl groups is 2. The van der Waals surface area contributed by atoms with Crippen molar-refractivity contribution in [2.45, 2.75) is 67.2 Å². The summed E-state index contributed by atoms with van der Waals surface area (Å²) in [6.45, 7) is 13.2. The van der Waals surface area contributed by atoms with Crippen molar-refractivity contribution in [2.24, 2.45) is 16.7 Å². The molecule has 0 heterocycles. The predicted octanol–water partition coefficient (Wildman–Crippen LogP) is 3.07. The van der Waals surface area contributed by atoms with Gasteiger partial charge in [-0.05, 0) is 12.8 Å². The van der Waals surface area contributed by atoms with Crippen LogP contribution in [0.2, 0.25) is 0 Å². The summed E-state index contributed by atoms with van der Waals surface area (Å²) in [7, 11) is 0. The Hall–Kier alpha value is -0.610. The van der Waals surface area contributed by atoms with Crippen LogP contribution in [0, 0.1) is 16.7 Å². The van der Waals surface area contributed by atoms with E-state index in [0.717, 1.165) is 25.7 Å². The van der Waals surface area contributed by atoms with Crippen molar-refractivity contribution in [1.82, 2.24) is 4.90 Å². The topological polar surface area (TPSA) is 60.8 Å². The number of aliphatic hydroxyl groups excluding tert-OH is 2. The van der Waals surface area contributed by atoms with Gasteiger partial charge in [0.2, 0.25) is 5.91 Å². The second-order valence-corrected chi connectivity index (χ2v) is 8.09. The van der Waals surface area contributed by atoms with Crippen molar-refractivity contribution in [2.75, 3.05) is 26.3 Å². The van der Waals surface area contributed by atoms with Crippen molar-refractivity contribution >= 4 is 5.91 Å². The van der Waals surface area contributed by atoms with Crippen LogP contribution >= 0.6 is 0 Å². The summed E-state index contributed by atoms with van der Waals surface area (Å²) in [6, 6.07) is 0. The predicted molar refractivity (Wildman–Crippen MR) is 91.6 cm³/mol. The van der Waals surface area contributed by atoms with E-state index in [-0.39, 0.29) is 35.9 Å². The molecule has 0 saturated carbocycles. The molecule has 0 bridgehead atoms. The molecule has 0 aliphatic heterocycles. The Balaban J connectivity index is 5.14. The number of carbonyl (C=O) groups is 1. The van der Waals surface area contributed by atoms with Gasteiger partial charge in [-0.15, -0.1) is 0 Å². The molecule has 4 heteroatoms. The molecule has 0 saturated heterocycles. The van der Waals surface area contributed by atoms with Crippen LogP contribution in [0.5, 0.6) is 0 Å². The van der Waals surface area contributed by atoms with E-state index in [1.807, 2.05) is 32.6 Å². The largest absolute Gasteiger partial charge is 0.396 e. The first-order valence-electron chi connectivity index (χ1n) is 8.63. The second kappa shape index (κ2) is 9.51. The fourth-order valence-corrected chi connectivity index (χ4v) is 2.56. The summed E-state index contributed by atoms with van der Waals surface area (Å²) in [6.07, 6.45) is 3.91. The molecule has 1 atom stereocenters. The van der Waals surface area contributed by atoms with E-state index in [1.54, 1.807) is 0 Å². The minimum absolute atomic E-state index is 0.0437. The zero-order valence-electron chi connectivity index (χ0n) is 15.5. The molecular formula is C18H37NO3. The second-order valence-electron chi connectivity index (χ2n) is 8.09. The molecule has 0 rings (SSSR count). The molecule has 1 amide bonds. The van der Waals surface area contributed by atoms with E-state index in [4.69, 9.17) is 0 Å². The molecule has 0 aromatic rings. The van der Waals surface area contributed by atoms with Crippen LogP contribution in [0.15, 0.2) is 0 Å². The van der Waals surface area contributed by atoms with E-state index in [2.05, 4.69) is 13.8 Å². The third-order valence-electron chi connectivity index (χ3n) is 4.15. The Bertz CT molecular complexity index is 308. The third kappa shape index (κ3) is 7.59. The zero-order chi connectivity index (χ0) is 17.4. The van der Waals surface area contributed by atoms with E-state index in [9.17, 15) is 15.0 Å². The van der Waals surface area contributed by atoms with Gasteiger partial charge in [-0.25, -0.2) is 0 Å². The SMILES string of the molecule is CCCCC(CC)C(=O)N(CC(C)(C)CO)CC(C)(C)CO. The van der Waals surface area contributed by atoms with Gasteiger partial charge in [-0.3, -0.25) is 4.79 Å². The van der Waals surface area contributed by atoms with E-state index in [1.165, 1.54) is 0 Å². The average Bonchev–Trinajstić information content (AvgIpc) is 2.46. The van der Waals surface area contributed by atoms with Gasteiger partial charge in [0.05, 0.1) is 0 Å². The Morgan fingerprint density at radius 1 is 1.00 bits per heavy atom. The first-order chi connectivity index (χ1) is 10.1. The maximum Gasteiger partial charge on any atom is 0.225 e. The lowest BCUT2D eigenvalue weighted by atomic mass is 9.88. The Morgan fingerprint density at radius 2 is 1.45 bits per heavy atom. The minimum Gasteiger partial charge on any atom is -0.396 e. The van der Waals surface area contributed by atoms with Crippen molar-refractivity contribution in [1.29, 1.82) is 0 Å². The summed E-state index contributed by atoms with van der Waals surface area (Å²) in [4.78, 5) is 14.8. The number of unbranched alkanes of at least 4 members (excludes halogenated alkanes) is 1. The zero-order valence-corrected chi connectivity index (χ0v) is 15.5. The monoisotopic (exact) mass is 315 g/mol. The smallest absolute Gasteiger partial charge is 0.225 e. The number of hydrogen-bond acceptors (Lipinski definition) is 3. The highest BCUT2D eigenvalue weighted by Gasteiger charge is 2.32. The van der Waals surface area contributed by atoms with Gasteiger partial charge < -0.3 is 15.1 Å². The lowest BCUT2D eigenvalue weighted by Gasteiger charge is -2.38. The van der Waals surface area contributed by atoms with Gasteiger partial charge in [0.1, 0.15) is 0 Å². The molecule has 0 fully saturated rings. The number of rotatable bonds is 11. The molecule has 22 heavy (non-hydrogen) atoms. The standard InChI is InChI=1S/C18H37NO3/c1-7-9-10-15(8-2)16(22)19(11-17(3,4)13-20)12-18(5,6)14-21/h15,20-21H,7-14H2,1-6H3. The van der Waals surface area contributed by atoms with E-state index < -0.39 is 0 Å². The van der Waals surface area contributed by atoms with E-state index >= 15 is 0 Å². The van der Waals surface area contributed by atoms with Crippen LogP contribution in [-0.4, -0.2) is 47.3 Å². The molecular weight excluding hydrogens is 278 g/mol. The Morgan fingerprint density at radius 3 is 1.77 bits per heavy atom. The summed E-state index contributed by atoms with van der Waals surface area (Å²) < 4.78 is 0. The summed E-state index contributed by atoms with van der Waals surface area (Å²) >= 11 is 0. The molecule has 0 aromatic heterocycles. The molecule has 132 valence electrons. The van der Waals surface area contributed by atoms with Crippen molar-refractivity contribution in [3.63, 3.8) is 0 Å². The number of carbonyl (C=O) groups excluding carboxylic acids is 1. The van der Waals surface area contributed by atoms with Crippen LogP contribution < -0.4 is 0 Å². The maximum absolute atomic E-state index is 12.9. The molecule has 0 aromatic carbocycles. The van der Waals surface area contributed by atoms with Crippen molar-refractivity contribution in [3.8, 4) is 0 Å². The van der Waals surface area contributed by atoms with Gasteiger partial charge >= 0.3 is 0 Å². The molecule has 0 spiro atoms. The molecule has 0 aliphatic rings. The van der Waals surface area contributed by atoms with Crippen molar-refractivity contribution < 1.29 is 15.0 Å². The summed E-state index contributed by atoms with van der Waals surface area (Å²) in [5.41, 5.74) is -0.658. The van der Waals surface area contributed by atoms with Gasteiger partial charge in [-0.2, -0.15) is 0 Å². The summed E-state index contributed by atoms with van der Waals surface area (Å²) in [5, 5.41) is 19.1. The lowest BCUT2D eigenvalue weighted by molar-refractivity contribution is -0.139. The molecule has 0 radical (unpaired) electrons. The molecule has 1 unspecified atom stereocenters. The summed E-state index contributed by atoms with van der Waals surface area (Å²) in [5.74, 6) is 0.211. The van der Waals surface area contributed by atoms with Crippen LogP contribution in [0.3, 0.4) is 0 Å². The normalized spacial score (nSPS) is 14.0. The highest BCUT2D eigenvalue weighted by molar-refractivity contribution is 5.79. The fraction of sp³-hybridized carbons (Fsp3) is 0.944. The van der Waals surface area contributed by atoms with Gasteiger partial charge in [0.25, 0.3) is 0 Å².